The third-order valence-electron chi connectivity index (χ3n) is 13.5. The Balaban J connectivity index is 3.40. The Hall–Kier alpha value is -1.66. The molecule has 0 aromatic rings. The molecule has 0 heterocycles. The molecule has 0 aliphatic heterocycles. The fourth-order valence-electron chi connectivity index (χ4n) is 8.98. The summed E-state index contributed by atoms with van der Waals surface area (Å²) < 4.78 is 5.49. The number of esters is 1. The van der Waals surface area contributed by atoms with E-state index in [2.05, 4.69) is 31.3 Å². The van der Waals surface area contributed by atoms with Gasteiger partial charge in [-0.1, -0.05) is 269 Å². The molecular weight excluding hydrogens is 803 g/mol. The number of hydrogen-bond donors (Lipinski definition) is 3. The molecule has 3 N–H and O–H groups in total. The zero-order chi connectivity index (χ0) is 47.2. The lowest BCUT2D eigenvalue weighted by Gasteiger charge is -2.20. The molecule has 0 aliphatic rings. The van der Waals surface area contributed by atoms with E-state index in [1.54, 1.807) is 6.08 Å². The number of amides is 1. The maximum atomic E-state index is 12.4. The van der Waals surface area contributed by atoms with Crippen molar-refractivity contribution in [1.82, 2.24) is 5.32 Å². The lowest BCUT2D eigenvalue weighted by atomic mass is 10.0. The molecule has 0 saturated carbocycles. The first-order valence-corrected chi connectivity index (χ1v) is 29.1. The highest BCUT2D eigenvalue weighted by Crippen LogP contribution is 2.17. The topological polar surface area (TPSA) is 95.9 Å². The van der Waals surface area contributed by atoms with Gasteiger partial charge in [0.05, 0.1) is 25.4 Å². The number of carbonyl (C=O) groups excluding carboxylic acids is 2. The first-order chi connectivity index (χ1) is 32.0. The average Bonchev–Trinajstić information content (AvgIpc) is 3.31. The maximum absolute atomic E-state index is 12.4. The fraction of sp³-hybridized carbons (Fsp3) is 0.898. The van der Waals surface area contributed by atoms with Gasteiger partial charge >= 0.3 is 5.97 Å². The van der Waals surface area contributed by atoms with Crippen molar-refractivity contribution in [3.63, 3.8) is 0 Å². The summed E-state index contributed by atoms with van der Waals surface area (Å²) in [5, 5.41) is 23.0. The van der Waals surface area contributed by atoms with Crippen molar-refractivity contribution in [2.45, 2.75) is 328 Å². The lowest BCUT2D eigenvalue weighted by molar-refractivity contribution is -0.143. The molecule has 2 atom stereocenters. The van der Waals surface area contributed by atoms with E-state index in [0.717, 1.165) is 44.9 Å². The predicted molar refractivity (Wildman–Crippen MR) is 283 cm³/mol. The Morgan fingerprint density at radius 3 is 1.09 bits per heavy atom. The molecule has 1 amide bonds. The number of aliphatic hydroxyl groups is 2. The summed E-state index contributed by atoms with van der Waals surface area (Å²) in [7, 11) is 0. The van der Waals surface area contributed by atoms with Crippen molar-refractivity contribution < 1.29 is 24.5 Å². The summed E-state index contributed by atoms with van der Waals surface area (Å²) in [6, 6.07) is -0.633. The van der Waals surface area contributed by atoms with Gasteiger partial charge in [-0.3, -0.25) is 9.59 Å². The number of allylic oxidation sites excluding steroid dienone is 3. The van der Waals surface area contributed by atoms with Crippen LogP contribution in [0, 0.1) is 0 Å². The molecule has 6 heteroatoms. The minimum absolute atomic E-state index is 0.00781. The third-order valence-corrected chi connectivity index (χ3v) is 13.5. The summed E-state index contributed by atoms with van der Waals surface area (Å²) in [4.78, 5) is 24.5. The molecule has 0 aromatic carbocycles. The molecule has 0 spiro atoms. The van der Waals surface area contributed by atoms with Gasteiger partial charge in [-0.2, -0.15) is 0 Å². The summed E-state index contributed by atoms with van der Waals surface area (Å²) in [5.41, 5.74) is 0. The van der Waals surface area contributed by atoms with Gasteiger partial charge < -0.3 is 20.3 Å². The van der Waals surface area contributed by atoms with Crippen molar-refractivity contribution in [3.8, 4) is 0 Å². The Kier molecular flexibility index (Phi) is 53.5. The van der Waals surface area contributed by atoms with Gasteiger partial charge in [0.15, 0.2) is 0 Å². The standard InChI is InChI=1S/C59H113NO5/c1-3-5-7-9-11-13-15-16-17-18-20-24-27-30-33-37-41-45-49-53-59(64)65-54-50-46-42-38-34-31-28-25-22-19-21-23-26-29-32-36-40-44-48-52-58(63)60-56(55-61)57(62)51-47-43-39-35-14-12-10-8-6-4-2/h19,21,47,51,56-57,61-62H,3-18,20,22-46,48-50,52-55H2,1-2H3,(H,60,63)/b21-19-,51-47+. The van der Waals surface area contributed by atoms with Crippen molar-refractivity contribution in [2.24, 2.45) is 0 Å². The molecule has 0 radical (unpaired) electrons. The number of aliphatic hydroxyl groups excluding tert-OH is 2. The molecule has 2 unspecified atom stereocenters. The van der Waals surface area contributed by atoms with E-state index in [1.807, 2.05) is 6.08 Å². The van der Waals surface area contributed by atoms with Gasteiger partial charge in [-0.15, -0.1) is 0 Å². The largest absolute Gasteiger partial charge is 0.466 e. The van der Waals surface area contributed by atoms with Crippen LogP contribution in [0.1, 0.15) is 316 Å². The molecule has 384 valence electrons. The smallest absolute Gasteiger partial charge is 0.305 e. The number of nitrogens with one attached hydrogen (secondary N) is 1. The van der Waals surface area contributed by atoms with Crippen LogP contribution in [-0.2, 0) is 14.3 Å². The van der Waals surface area contributed by atoms with Gasteiger partial charge in [0.25, 0.3) is 0 Å². The molecular formula is C59H113NO5. The number of rotatable bonds is 54. The Morgan fingerprint density at radius 2 is 0.723 bits per heavy atom. The third kappa shape index (κ3) is 51.6. The van der Waals surface area contributed by atoms with Gasteiger partial charge in [0.2, 0.25) is 5.91 Å². The van der Waals surface area contributed by atoms with Crippen LogP contribution < -0.4 is 5.32 Å². The highest BCUT2D eigenvalue weighted by molar-refractivity contribution is 5.76. The number of unbranched alkanes of at least 4 members (excludes halogenated alkanes) is 41. The fourth-order valence-corrected chi connectivity index (χ4v) is 8.98. The molecule has 0 saturated heterocycles. The minimum atomic E-state index is -0.848. The van der Waals surface area contributed by atoms with Gasteiger partial charge in [-0.25, -0.2) is 0 Å². The van der Waals surface area contributed by atoms with Crippen molar-refractivity contribution in [3.05, 3.63) is 24.3 Å². The van der Waals surface area contributed by atoms with E-state index >= 15 is 0 Å². The van der Waals surface area contributed by atoms with Crippen LogP contribution in [0.15, 0.2) is 24.3 Å². The van der Waals surface area contributed by atoms with Crippen LogP contribution in [0.5, 0.6) is 0 Å². The van der Waals surface area contributed by atoms with Gasteiger partial charge in [0.1, 0.15) is 0 Å². The van der Waals surface area contributed by atoms with E-state index in [9.17, 15) is 19.8 Å². The van der Waals surface area contributed by atoms with Crippen molar-refractivity contribution >= 4 is 11.9 Å². The van der Waals surface area contributed by atoms with Crippen molar-refractivity contribution in [2.75, 3.05) is 13.2 Å². The van der Waals surface area contributed by atoms with Crippen LogP contribution in [0.4, 0.5) is 0 Å². The predicted octanol–water partition coefficient (Wildman–Crippen LogP) is 17.9. The minimum Gasteiger partial charge on any atom is -0.466 e. The summed E-state index contributed by atoms with van der Waals surface area (Å²) in [5.74, 6) is -0.0713. The average molecular weight is 917 g/mol. The lowest BCUT2D eigenvalue weighted by Crippen LogP contribution is -2.45. The molecule has 0 aromatic heterocycles. The van der Waals surface area contributed by atoms with Crippen molar-refractivity contribution in [1.29, 1.82) is 0 Å². The monoisotopic (exact) mass is 916 g/mol. The molecule has 0 bridgehead atoms. The SMILES string of the molecule is CCCCCCCCCC/C=C/C(O)C(CO)NC(=O)CCCCCCCCC/C=C\CCCCCCCCCCOC(=O)CCCCCCCCCCCCCCCCCCCCC. The molecule has 6 nitrogen and oxygen atoms in total. The summed E-state index contributed by atoms with van der Waals surface area (Å²) in [6.45, 7) is 4.89. The molecule has 65 heavy (non-hydrogen) atoms. The second-order valence-corrected chi connectivity index (χ2v) is 20.0. The van der Waals surface area contributed by atoms with E-state index in [-0.39, 0.29) is 18.5 Å². The first kappa shape index (κ1) is 63.3. The van der Waals surface area contributed by atoms with Crippen LogP contribution >= 0.6 is 0 Å². The second kappa shape index (κ2) is 54.9. The Labute approximate surface area is 405 Å². The maximum Gasteiger partial charge on any atom is 0.305 e. The molecule has 0 aliphatic carbocycles. The van der Waals surface area contributed by atoms with Gasteiger partial charge in [-0.05, 0) is 57.8 Å². The number of ether oxygens (including phenoxy) is 1. The number of carbonyl (C=O) groups is 2. The molecule has 0 rings (SSSR count). The van der Waals surface area contributed by atoms with E-state index < -0.39 is 12.1 Å². The van der Waals surface area contributed by atoms with E-state index in [0.29, 0.717) is 19.4 Å². The van der Waals surface area contributed by atoms with Crippen LogP contribution in [0.25, 0.3) is 0 Å². The highest BCUT2D eigenvalue weighted by Gasteiger charge is 2.18. The summed E-state index contributed by atoms with van der Waals surface area (Å²) in [6.07, 6.45) is 66.4. The van der Waals surface area contributed by atoms with Crippen LogP contribution in [0.3, 0.4) is 0 Å². The van der Waals surface area contributed by atoms with E-state index in [4.69, 9.17) is 4.74 Å². The quantitative estimate of drug-likeness (QED) is 0.0321. The first-order valence-electron chi connectivity index (χ1n) is 29.1. The zero-order valence-corrected chi connectivity index (χ0v) is 43.7. The Bertz CT molecular complexity index is 1010. The second-order valence-electron chi connectivity index (χ2n) is 20.0. The zero-order valence-electron chi connectivity index (χ0n) is 43.7. The highest BCUT2D eigenvalue weighted by atomic mass is 16.5. The van der Waals surface area contributed by atoms with E-state index in [1.165, 1.54) is 244 Å². The number of hydrogen-bond acceptors (Lipinski definition) is 5. The Morgan fingerprint density at radius 1 is 0.415 bits per heavy atom. The van der Waals surface area contributed by atoms with Crippen LogP contribution in [0.2, 0.25) is 0 Å². The van der Waals surface area contributed by atoms with Crippen LogP contribution in [-0.4, -0.2) is 47.4 Å². The normalized spacial score (nSPS) is 12.7. The summed E-state index contributed by atoms with van der Waals surface area (Å²) >= 11 is 0. The molecule has 0 fully saturated rings. The van der Waals surface area contributed by atoms with Gasteiger partial charge in [0, 0.05) is 12.8 Å².